The number of ether oxygens (including phenoxy) is 1. The number of rotatable bonds is 10. The van der Waals surface area contributed by atoms with Crippen LogP contribution < -0.4 is 20.5 Å². The molecule has 0 aliphatic carbocycles. The van der Waals surface area contributed by atoms with Crippen molar-refractivity contribution in [1.82, 2.24) is 4.72 Å². The van der Waals surface area contributed by atoms with E-state index in [1.807, 2.05) is 54.6 Å². The Labute approximate surface area is 182 Å². The fraction of sp³-hybridized carbons (Fsp3) is 0.227. The first-order chi connectivity index (χ1) is 14.5. The molecule has 158 valence electrons. The third-order valence-electron chi connectivity index (χ3n) is 4.52. The quantitative estimate of drug-likeness (QED) is 0.324. The van der Waals surface area contributed by atoms with E-state index in [1.165, 1.54) is 0 Å². The molecular formula is C22H25N3O3S2. The molecule has 0 bridgehead atoms. The van der Waals surface area contributed by atoms with Gasteiger partial charge in [0.25, 0.3) is 0 Å². The van der Waals surface area contributed by atoms with E-state index in [4.69, 9.17) is 22.7 Å². The Hall–Kier alpha value is -2.68. The average Bonchev–Trinajstić information content (AvgIpc) is 2.72. The van der Waals surface area contributed by atoms with Gasteiger partial charge in [-0.25, -0.2) is 13.1 Å². The van der Waals surface area contributed by atoms with Crippen molar-refractivity contribution in [2.75, 3.05) is 18.5 Å². The third-order valence-corrected chi connectivity index (χ3v) is 6.14. The van der Waals surface area contributed by atoms with Crippen LogP contribution in [0.3, 0.4) is 0 Å². The number of benzene rings is 3. The van der Waals surface area contributed by atoms with Crippen LogP contribution in [0.5, 0.6) is 5.75 Å². The Balaban J connectivity index is 1.41. The van der Waals surface area contributed by atoms with Gasteiger partial charge in [0.15, 0.2) is 5.11 Å². The maximum atomic E-state index is 12.7. The highest BCUT2D eigenvalue weighted by Crippen LogP contribution is 2.22. The number of thiocarbonyl (C=S) groups is 1. The van der Waals surface area contributed by atoms with Crippen molar-refractivity contribution in [1.29, 1.82) is 0 Å². The fourth-order valence-corrected chi connectivity index (χ4v) is 4.53. The van der Waals surface area contributed by atoms with E-state index in [2.05, 4.69) is 10.0 Å². The molecule has 0 amide bonds. The minimum Gasteiger partial charge on any atom is -0.494 e. The first kappa shape index (κ1) is 22.0. The summed E-state index contributed by atoms with van der Waals surface area (Å²) in [6.45, 7) is 0.936. The molecule has 0 atom stereocenters. The van der Waals surface area contributed by atoms with Crippen molar-refractivity contribution in [3.05, 3.63) is 66.7 Å². The predicted molar refractivity (Wildman–Crippen MR) is 125 cm³/mol. The first-order valence-corrected chi connectivity index (χ1v) is 11.6. The Morgan fingerprint density at radius 3 is 2.57 bits per heavy atom. The lowest BCUT2D eigenvalue weighted by molar-refractivity contribution is 0.305. The van der Waals surface area contributed by atoms with Crippen molar-refractivity contribution < 1.29 is 13.2 Å². The van der Waals surface area contributed by atoms with Gasteiger partial charge in [-0.1, -0.05) is 42.5 Å². The molecule has 4 N–H and O–H groups in total. The topological polar surface area (TPSA) is 93.4 Å². The summed E-state index contributed by atoms with van der Waals surface area (Å²) >= 11 is 4.83. The molecule has 0 aliphatic heterocycles. The maximum Gasteiger partial charge on any atom is 0.241 e. The zero-order chi connectivity index (χ0) is 21.4. The Bertz CT molecular complexity index is 1110. The summed E-state index contributed by atoms with van der Waals surface area (Å²) in [7, 11) is -3.55. The standard InChI is InChI=1S/C22H25N3O3S2/c23-22(29)25-18-10-7-11-19(16-18)28-15-5-1-4-14-24-30(26,27)21-13-6-9-17-8-2-3-12-20(17)21/h2-3,6-13,16,24H,1,4-5,14-15H2,(H3,23,25,29). The molecular weight excluding hydrogens is 418 g/mol. The largest absolute Gasteiger partial charge is 0.494 e. The molecule has 3 aromatic carbocycles. The number of nitrogens with two attached hydrogens (primary N) is 1. The predicted octanol–water partition coefficient (Wildman–Crippen LogP) is 4.02. The van der Waals surface area contributed by atoms with Gasteiger partial charge in [0, 0.05) is 23.7 Å². The van der Waals surface area contributed by atoms with Gasteiger partial charge in [-0.15, -0.1) is 0 Å². The van der Waals surface area contributed by atoms with Crippen LogP contribution in [0.4, 0.5) is 5.69 Å². The van der Waals surface area contributed by atoms with Gasteiger partial charge in [0.2, 0.25) is 10.0 Å². The number of nitrogens with one attached hydrogen (secondary N) is 2. The molecule has 0 spiro atoms. The molecule has 3 aromatic rings. The molecule has 0 saturated heterocycles. The maximum absolute atomic E-state index is 12.7. The lowest BCUT2D eigenvalue weighted by Gasteiger charge is -2.10. The summed E-state index contributed by atoms with van der Waals surface area (Å²) in [5, 5.41) is 4.71. The van der Waals surface area contributed by atoms with Gasteiger partial charge >= 0.3 is 0 Å². The smallest absolute Gasteiger partial charge is 0.241 e. The van der Waals surface area contributed by atoms with Crippen LogP contribution in [0.25, 0.3) is 10.8 Å². The number of fused-ring (bicyclic) bond motifs is 1. The molecule has 0 heterocycles. The lowest BCUT2D eigenvalue weighted by Crippen LogP contribution is -2.25. The number of hydrogen-bond acceptors (Lipinski definition) is 4. The molecule has 0 saturated carbocycles. The highest BCUT2D eigenvalue weighted by molar-refractivity contribution is 7.89. The Morgan fingerprint density at radius 1 is 0.967 bits per heavy atom. The van der Waals surface area contributed by atoms with Gasteiger partial charge in [0.05, 0.1) is 11.5 Å². The van der Waals surface area contributed by atoms with Crippen LogP contribution in [0.1, 0.15) is 19.3 Å². The third kappa shape index (κ3) is 6.16. The van der Waals surface area contributed by atoms with Gasteiger partial charge in [-0.3, -0.25) is 0 Å². The summed E-state index contributed by atoms with van der Waals surface area (Å²) < 4.78 is 33.8. The SMILES string of the molecule is NC(=S)Nc1cccc(OCCCCCNS(=O)(=O)c2cccc3ccccc23)c1. The molecule has 0 aliphatic rings. The number of unbranched alkanes of at least 4 members (excludes halogenated alkanes) is 2. The zero-order valence-electron chi connectivity index (χ0n) is 16.5. The van der Waals surface area contributed by atoms with Crippen LogP contribution in [0, 0.1) is 0 Å². The highest BCUT2D eigenvalue weighted by atomic mass is 32.2. The average molecular weight is 444 g/mol. The van der Waals surface area contributed by atoms with E-state index in [1.54, 1.807) is 12.1 Å². The summed E-state index contributed by atoms with van der Waals surface area (Å²) in [6.07, 6.45) is 2.40. The summed E-state index contributed by atoms with van der Waals surface area (Å²) in [6, 6.07) is 20.2. The van der Waals surface area contributed by atoms with Crippen molar-refractivity contribution >= 4 is 43.8 Å². The van der Waals surface area contributed by atoms with Crippen LogP contribution in [0.2, 0.25) is 0 Å². The minimum absolute atomic E-state index is 0.207. The molecule has 8 heteroatoms. The van der Waals surface area contributed by atoms with Gasteiger partial charge in [-0.2, -0.15) is 0 Å². The molecule has 0 fully saturated rings. The van der Waals surface area contributed by atoms with Crippen molar-refractivity contribution in [2.45, 2.75) is 24.2 Å². The normalized spacial score (nSPS) is 11.3. The second-order valence-corrected chi connectivity index (χ2v) is 8.98. The van der Waals surface area contributed by atoms with E-state index >= 15 is 0 Å². The van der Waals surface area contributed by atoms with Gasteiger partial charge in [-0.05, 0) is 55.1 Å². The van der Waals surface area contributed by atoms with E-state index in [0.29, 0.717) is 18.0 Å². The fourth-order valence-electron chi connectivity index (χ4n) is 3.11. The van der Waals surface area contributed by atoms with Gasteiger partial charge in [0.1, 0.15) is 5.75 Å². The van der Waals surface area contributed by atoms with E-state index < -0.39 is 10.0 Å². The second-order valence-electron chi connectivity index (χ2n) is 6.80. The van der Waals surface area contributed by atoms with E-state index in [-0.39, 0.29) is 5.11 Å². The molecule has 30 heavy (non-hydrogen) atoms. The van der Waals surface area contributed by atoms with Crippen molar-refractivity contribution in [3.8, 4) is 5.75 Å². The summed E-state index contributed by atoms with van der Waals surface area (Å²) in [4.78, 5) is 0.314. The van der Waals surface area contributed by atoms with Crippen molar-refractivity contribution in [2.24, 2.45) is 5.73 Å². The second kappa shape index (κ2) is 10.4. The van der Waals surface area contributed by atoms with E-state index in [9.17, 15) is 8.42 Å². The van der Waals surface area contributed by atoms with Crippen LogP contribution >= 0.6 is 12.2 Å². The number of anilines is 1. The zero-order valence-corrected chi connectivity index (χ0v) is 18.1. The minimum atomic E-state index is -3.55. The van der Waals surface area contributed by atoms with E-state index in [0.717, 1.165) is 41.5 Å². The number of hydrogen-bond donors (Lipinski definition) is 3. The Kier molecular flexibility index (Phi) is 7.62. The molecule has 0 aromatic heterocycles. The molecule has 0 unspecified atom stereocenters. The summed E-state index contributed by atoms with van der Waals surface area (Å²) in [5.41, 5.74) is 6.25. The monoisotopic (exact) mass is 443 g/mol. The summed E-state index contributed by atoms with van der Waals surface area (Å²) in [5.74, 6) is 0.730. The van der Waals surface area contributed by atoms with Crippen LogP contribution in [0.15, 0.2) is 71.6 Å². The van der Waals surface area contributed by atoms with Crippen molar-refractivity contribution in [3.63, 3.8) is 0 Å². The highest BCUT2D eigenvalue weighted by Gasteiger charge is 2.16. The van der Waals surface area contributed by atoms with Crippen LogP contribution in [-0.2, 0) is 10.0 Å². The van der Waals surface area contributed by atoms with Gasteiger partial charge < -0.3 is 15.8 Å². The Morgan fingerprint density at radius 2 is 1.73 bits per heavy atom. The lowest BCUT2D eigenvalue weighted by atomic mass is 10.1. The first-order valence-electron chi connectivity index (χ1n) is 9.72. The molecule has 6 nitrogen and oxygen atoms in total. The molecule has 0 radical (unpaired) electrons. The molecule has 3 rings (SSSR count). The van der Waals surface area contributed by atoms with Crippen LogP contribution in [-0.4, -0.2) is 26.7 Å². The number of sulfonamides is 1.